The number of nitrogens with zero attached hydrogens (tertiary/aromatic N) is 2. The minimum absolute atomic E-state index is 0.0164. The van der Waals surface area contributed by atoms with Gasteiger partial charge in [0.05, 0.1) is 11.5 Å². The average Bonchev–Trinajstić information content (AvgIpc) is 2.83. The Morgan fingerprint density at radius 2 is 1.88 bits per heavy atom. The molecule has 6 heteroatoms. The molecule has 6 nitrogen and oxygen atoms in total. The highest BCUT2D eigenvalue weighted by atomic mass is 16.2. The first-order valence-corrected chi connectivity index (χ1v) is 13.8. The van der Waals surface area contributed by atoms with Crippen LogP contribution in [0.15, 0.2) is 0 Å². The Bertz CT molecular complexity index is 805. The van der Waals surface area contributed by atoms with Gasteiger partial charge in [-0.25, -0.2) is 0 Å². The van der Waals surface area contributed by atoms with E-state index in [0.29, 0.717) is 35.7 Å². The summed E-state index contributed by atoms with van der Waals surface area (Å²) in [5.74, 6) is 2.27. The number of likely N-dealkylation sites (tertiary alicyclic amines) is 1. The van der Waals surface area contributed by atoms with E-state index in [-0.39, 0.29) is 35.1 Å². The molecule has 34 heavy (non-hydrogen) atoms. The van der Waals surface area contributed by atoms with Crippen molar-refractivity contribution in [1.82, 2.24) is 15.5 Å². The lowest BCUT2D eigenvalue weighted by molar-refractivity contribution is -0.148. The van der Waals surface area contributed by atoms with Crippen molar-refractivity contribution in [2.24, 2.45) is 40.9 Å². The summed E-state index contributed by atoms with van der Waals surface area (Å²) >= 11 is 0. The quantitative estimate of drug-likeness (QED) is 0.648. The third kappa shape index (κ3) is 5.15. The normalized spacial score (nSPS) is 41.4. The van der Waals surface area contributed by atoms with Gasteiger partial charge in [-0.05, 0) is 95.8 Å². The summed E-state index contributed by atoms with van der Waals surface area (Å²) in [4.78, 5) is 28.8. The van der Waals surface area contributed by atoms with Crippen LogP contribution in [0.1, 0.15) is 85.5 Å². The van der Waals surface area contributed by atoms with Gasteiger partial charge in [0.1, 0.15) is 0 Å². The third-order valence-corrected chi connectivity index (χ3v) is 10.1. The number of carbonyl (C=O) groups is 2. The fourth-order valence-corrected chi connectivity index (χ4v) is 7.59. The Balaban J connectivity index is 1.38. The number of nitrogens with one attached hydrogen (secondary N) is 2. The van der Waals surface area contributed by atoms with Crippen LogP contribution in [0.2, 0.25) is 0 Å². The SMILES string of the molecule is CC1CC2C(CN1)CC(C1CC(NC(=O)C3CCCC(C(C)(C)C#N)C3)CCC1C)C(=O)N2C. The summed E-state index contributed by atoms with van der Waals surface area (Å²) in [7, 11) is 2.01. The number of rotatable bonds is 4. The van der Waals surface area contributed by atoms with E-state index in [1.54, 1.807) is 0 Å². The summed E-state index contributed by atoms with van der Waals surface area (Å²) < 4.78 is 0. The van der Waals surface area contributed by atoms with E-state index < -0.39 is 0 Å². The molecule has 190 valence electrons. The Hall–Kier alpha value is -1.61. The summed E-state index contributed by atoms with van der Waals surface area (Å²) in [6, 6.07) is 3.46. The maximum atomic E-state index is 13.5. The molecule has 2 aliphatic carbocycles. The molecule has 2 heterocycles. The summed E-state index contributed by atoms with van der Waals surface area (Å²) in [5, 5.41) is 16.6. The molecule has 4 fully saturated rings. The van der Waals surface area contributed by atoms with Crippen molar-refractivity contribution >= 4 is 11.8 Å². The van der Waals surface area contributed by atoms with Crippen molar-refractivity contribution in [1.29, 1.82) is 5.26 Å². The van der Waals surface area contributed by atoms with Gasteiger partial charge in [0.15, 0.2) is 0 Å². The molecule has 0 spiro atoms. The van der Waals surface area contributed by atoms with Crippen molar-refractivity contribution in [3.05, 3.63) is 0 Å². The van der Waals surface area contributed by atoms with Crippen LogP contribution in [0.25, 0.3) is 0 Å². The molecule has 2 saturated carbocycles. The van der Waals surface area contributed by atoms with Gasteiger partial charge in [-0.2, -0.15) is 5.26 Å². The minimum Gasteiger partial charge on any atom is -0.353 e. The molecule has 0 bridgehead atoms. The van der Waals surface area contributed by atoms with Gasteiger partial charge in [-0.1, -0.05) is 13.3 Å². The lowest BCUT2D eigenvalue weighted by atomic mass is 9.65. The number of hydrogen-bond acceptors (Lipinski definition) is 4. The first-order chi connectivity index (χ1) is 16.1. The number of amides is 2. The van der Waals surface area contributed by atoms with Crippen LogP contribution in [0.3, 0.4) is 0 Å². The zero-order chi connectivity index (χ0) is 24.6. The van der Waals surface area contributed by atoms with E-state index in [1.165, 1.54) is 0 Å². The molecule has 2 amide bonds. The van der Waals surface area contributed by atoms with E-state index >= 15 is 0 Å². The van der Waals surface area contributed by atoms with Crippen molar-refractivity contribution < 1.29 is 9.59 Å². The first-order valence-electron chi connectivity index (χ1n) is 13.8. The maximum Gasteiger partial charge on any atom is 0.225 e. The van der Waals surface area contributed by atoms with E-state index in [9.17, 15) is 14.9 Å². The second-order valence-corrected chi connectivity index (χ2v) is 12.7. The van der Waals surface area contributed by atoms with Crippen molar-refractivity contribution in [2.45, 2.75) is 104 Å². The van der Waals surface area contributed by atoms with Crippen molar-refractivity contribution in [3.63, 3.8) is 0 Å². The second kappa shape index (κ2) is 10.2. The van der Waals surface area contributed by atoms with Gasteiger partial charge in [-0.3, -0.25) is 9.59 Å². The smallest absolute Gasteiger partial charge is 0.225 e. The summed E-state index contributed by atoms with van der Waals surface area (Å²) in [5.41, 5.74) is -0.374. The minimum atomic E-state index is -0.374. The van der Waals surface area contributed by atoms with E-state index in [1.807, 2.05) is 20.9 Å². The van der Waals surface area contributed by atoms with Gasteiger partial charge in [0.25, 0.3) is 0 Å². The molecule has 2 saturated heterocycles. The van der Waals surface area contributed by atoms with Crippen molar-refractivity contribution in [2.75, 3.05) is 13.6 Å². The van der Waals surface area contributed by atoms with Crippen LogP contribution >= 0.6 is 0 Å². The Morgan fingerprint density at radius 1 is 1.12 bits per heavy atom. The maximum absolute atomic E-state index is 13.5. The molecule has 0 aromatic carbocycles. The highest BCUT2D eigenvalue weighted by molar-refractivity contribution is 5.80. The number of carbonyl (C=O) groups excluding carboxylic acids is 2. The molecule has 0 aromatic rings. The zero-order valence-corrected chi connectivity index (χ0v) is 22.0. The first kappa shape index (κ1) is 25.5. The van der Waals surface area contributed by atoms with Crippen LogP contribution in [0.5, 0.6) is 0 Å². The Morgan fingerprint density at radius 3 is 2.62 bits per heavy atom. The standard InChI is InChI=1S/C28H46N4O2/c1-17-9-10-22(31-26(33)19-7-6-8-21(12-19)28(3,4)16-29)14-23(17)24-13-20-15-30-18(2)11-25(20)32(5)27(24)34/h17-25,30H,6-15H2,1-5H3,(H,31,33). The van der Waals surface area contributed by atoms with Crippen LogP contribution in [0.4, 0.5) is 0 Å². The van der Waals surface area contributed by atoms with Gasteiger partial charge < -0.3 is 15.5 Å². The van der Waals surface area contributed by atoms with E-state index in [0.717, 1.165) is 64.3 Å². The molecule has 0 radical (unpaired) electrons. The topological polar surface area (TPSA) is 85.2 Å². The van der Waals surface area contributed by atoms with E-state index in [4.69, 9.17) is 0 Å². The molecule has 9 unspecified atom stereocenters. The number of piperidine rings is 2. The highest BCUT2D eigenvalue weighted by Crippen LogP contribution is 2.44. The highest BCUT2D eigenvalue weighted by Gasteiger charge is 2.47. The Labute approximate surface area is 206 Å². The molecule has 4 rings (SSSR count). The Kier molecular flexibility index (Phi) is 7.62. The molecule has 4 aliphatic rings. The average molecular weight is 471 g/mol. The van der Waals surface area contributed by atoms with Crippen LogP contribution in [0, 0.1) is 52.3 Å². The van der Waals surface area contributed by atoms with Crippen molar-refractivity contribution in [3.8, 4) is 6.07 Å². The predicted molar refractivity (Wildman–Crippen MR) is 134 cm³/mol. The monoisotopic (exact) mass is 470 g/mol. The lowest BCUT2D eigenvalue weighted by Crippen LogP contribution is -2.60. The molecular weight excluding hydrogens is 424 g/mol. The predicted octanol–water partition coefficient (Wildman–Crippen LogP) is 4.11. The second-order valence-electron chi connectivity index (χ2n) is 12.7. The fourth-order valence-electron chi connectivity index (χ4n) is 7.59. The molecule has 2 aliphatic heterocycles. The van der Waals surface area contributed by atoms with Gasteiger partial charge in [0, 0.05) is 43.6 Å². The van der Waals surface area contributed by atoms with Crippen LogP contribution in [-0.2, 0) is 9.59 Å². The van der Waals surface area contributed by atoms with Gasteiger partial charge in [0.2, 0.25) is 11.8 Å². The number of nitriles is 1. The largest absolute Gasteiger partial charge is 0.353 e. The van der Waals surface area contributed by atoms with Crippen LogP contribution in [-0.4, -0.2) is 48.4 Å². The number of hydrogen-bond donors (Lipinski definition) is 2. The van der Waals surface area contributed by atoms with E-state index in [2.05, 4.69) is 35.5 Å². The molecule has 2 N–H and O–H groups in total. The lowest BCUT2D eigenvalue weighted by Gasteiger charge is -2.50. The number of fused-ring (bicyclic) bond motifs is 1. The third-order valence-electron chi connectivity index (χ3n) is 10.1. The molecule has 9 atom stereocenters. The molecule has 0 aromatic heterocycles. The summed E-state index contributed by atoms with van der Waals surface area (Å²) in [6.07, 6.45) is 8.83. The summed E-state index contributed by atoms with van der Waals surface area (Å²) in [6.45, 7) is 9.54. The van der Waals surface area contributed by atoms with Gasteiger partial charge >= 0.3 is 0 Å². The van der Waals surface area contributed by atoms with Crippen LogP contribution < -0.4 is 10.6 Å². The zero-order valence-electron chi connectivity index (χ0n) is 22.0. The van der Waals surface area contributed by atoms with Gasteiger partial charge in [-0.15, -0.1) is 0 Å². The fraction of sp³-hybridized carbons (Fsp3) is 0.893. The molecular formula is C28H46N4O2.